The predicted molar refractivity (Wildman–Crippen MR) is 82.2 cm³/mol. The number of hydrogen-bond acceptors (Lipinski definition) is 2. The quantitative estimate of drug-likeness (QED) is 0.912. The summed E-state index contributed by atoms with van der Waals surface area (Å²) >= 11 is 6.18. The van der Waals surface area contributed by atoms with Crippen LogP contribution >= 0.6 is 11.6 Å². The van der Waals surface area contributed by atoms with E-state index in [1.807, 2.05) is 38.1 Å². The molecule has 0 unspecified atom stereocenters. The van der Waals surface area contributed by atoms with E-state index in [0.29, 0.717) is 6.54 Å². The molecule has 0 bridgehead atoms. The first-order valence-corrected chi connectivity index (χ1v) is 7.48. The number of halogens is 1. The van der Waals surface area contributed by atoms with E-state index in [2.05, 4.69) is 15.5 Å². The summed E-state index contributed by atoms with van der Waals surface area (Å²) in [5.74, 6) is 0.391. The van der Waals surface area contributed by atoms with Crippen molar-refractivity contribution in [3.05, 3.63) is 51.8 Å². The smallest absolute Gasteiger partial charge is 0.224 e. The minimum atomic E-state index is 0.0393. The van der Waals surface area contributed by atoms with Gasteiger partial charge in [0, 0.05) is 28.7 Å². The number of amides is 1. The van der Waals surface area contributed by atoms with Crippen LogP contribution in [0.3, 0.4) is 0 Å². The van der Waals surface area contributed by atoms with Gasteiger partial charge in [-0.25, -0.2) is 0 Å². The van der Waals surface area contributed by atoms with Crippen molar-refractivity contribution in [3.63, 3.8) is 0 Å². The second-order valence-corrected chi connectivity index (χ2v) is 6.01. The summed E-state index contributed by atoms with van der Waals surface area (Å²) in [4.78, 5) is 12.2. The Hall–Kier alpha value is -1.81. The van der Waals surface area contributed by atoms with Gasteiger partial charge in [-0.15, -0.1) is 0 Å². The summed E-state index contributed by atoms with van der Waals surface area (Å²) in [6.07, 6.45) is 0.874. The van der Waals surface area contributed by atoms with Gasteiger partial charge in [0.2, 0.25) is 5.91 Å². The molecule has 5 heteroatoms. The van der Waals surface area contributed by atoms with Crippen LogP contribution in [-0.2, 0) is 11.3 Å². The molecule has 0 aliphatic heterocycles. The fourth-order valence-electron chi connectivity index (χ4n) is 2.75. The molecule has 1 aromatic carbocycles. The molecule has 1 aliphatic carbocycles. The van der Waals surface area contributed by atoms with Crippen LogP contribution < -0.4 is 5.32 Å². The standard InChI is InChI=1S/C16H18ClN3O/c1-9-14(10(2)20-19-9)8-18-16(21)13-7-12(13)11-5-3-4-6-15(11)17/h3-6,12-13H,7-8H2,1-2H3,(H,18,21)(H,19,20)/t12-,13-/m1/s1. The van der Waals surface area contributed by atoms with Crippen molar-refractivity contribution in [3.8, 4) is 0 Å². The SMILES string of the molecule is Cc1n[nH]c(C)c1CNC(=O)[C@@H]1C[C@@H]1c1ccccc1Cl. The zero-order valence-electron chi connectivity index (χ0n) is 12.1. The minimum absolute atomic E-state index is 0.0393. The predicted octanol–water partition coefficient (Wildman–Crippen LogP) is 3.10. The van der Waals surface area contributed by atoms with E-state index in [4.69, 9.17) is 11.6 Å². The fourth-order valence-corrected chi connectivity index (χ4v) is 3.02. The van der Waals surface area contributed by atoms with Crippen molar-refractivity contribution in [1.82, 2.24) is 15.5 Å². The van der Waals surface area contributed by atoms with E-state index in [-0.39, 0.29) is 17.7 Å². The molecule has 1 aliphatic rings. The summed E-state index contributed by atoms with van der Waals surface area (Å²) in [5, 5.41) is 10.8. The van der Waals surface area contributed by atoms with Crippen molar-refractivity contribution in [1.29, 1.82) is 0 Å². The molecule has 1 saturated carbocycles. The lowest BCUT2D eigenvalue weighted by Gasteiger charge is -2.06. The lowest BCUT2D eigenvalue weighted by molar-refractivity contribution is -0.122. The molecule has 1 aromatic heterocycles. The number of benzene rings is 1. The van der Waals surface area contributed by atoms with Gasteiger partial charge in [0.05, 0.1) is 5.69 Å². The number of aromatic nitrogens is 2. The molecule has 0 radical (unpaired) electrons. The minimum Gasteiger partial charge on any atom is -0.352 e. The highest BCUT2D eigenvalue weighted by Gasteiger charge is 2.44. The van der Waals surface area contributed by atoms with Gasteiger partial charge in [-0.05, 0) is 37.8 Å². The number of aromatic amines is 1. The second kappa shape index (κ2) is 5.53. The number of rotatable bonds is 4. The average molecular weight is 304 g/mol. The van der Waals surface area contributed by atoms with Gasteiger partial charge in [0.25, 0.3) is 0 Å². The van der Waals surface area contributed by atoms with Crippen molar-refractivity contribution in [2.75, 3.05) is 0 Å². The number of carbonyl (C=O) groups is 1. The zero-order valence-corrected chi connectivity index (χ0v) is 12.9. The molecule has 0 spiro atoms. The summed E-state index contributed by atoms with van der Waals surface area (Å²) in [7, 11) is 0. The highest BCUT2D eigenvalue weighted by Crippen LogP contribution is 2.49. The highest BCUT2D eigenvalue weighted by molar-refractivity contribution is 6.31. The third-order valence-electron chi connectivity index (χ3n) is 4.15. The molecule has 0 saturated heterocycles. The number of nitrogens with zero attached hydrogens (tertiary/aromatic N) is 1. The van der Waals surface area contributed by atoms with E-state index in [9.17, 15) is 4.79 Å². The first-order chi connectivity index (χ1) is 10.1. The molecule has 3 rings (SSSR count). The molecule has 1 heterocycles. The van der Waals surface area contributed by atoms with Gasteiger partial charge in [0.1, 0.15) is 0 Å². The first-order valence-electron chi connectivity index (χ1n) is 7.10. The molecule has 2 aromatic rings. The molecule has 21 heavy (non-hydrogen) atoms. The maximum Gasteiger partial charge on any atom is 0.224 e. The summed E-state index contributed by atoms with van der Waals surface area (Å²) in [6.45, 7) is 4.43. The molecule has 2 N–H and O–H groups in total. The van der Waals surface area contributed by atoms with Gasteiger partial charge < -0.3 is 5.32 Å². The van der Waals surface area contributed by atoms with Crippen LogP contribution in [0.1, 0.15) is 34.9 Å². The number of H-pyrrole nitrogens is 1. The Labute approximate surface area is 128 Å². The van der Waals surface area contributed by atoms with Crippen molar-refractivity contribution >= 4 is 17.5 Å². The zero-order chi connectivity index (χ0) is 15.0. The third kappa shape index (κ3) is 2.81. The topological polar surface area (TPSA) is 57.8 Å². The Morgan fingerprint density at radius 2 is 2.19 bits per heavy atom. The van der Waals surface area contributed by atoms with Crippen LogP contribution in [0.25, 0.3) is 0 Å². The van der Waals surface area contributed by atoms with Gasteiger partial charge in [-0.3, -0.25) is 9.89 Å². The summed E-state index contributed by atoms with van der Waals surface area (Å²) in [6, 6.07) is 7.76. The Balaban J connectivity index is 1.60. The van der Waals surface area contributed by atoms with E-state index in [1.54, 1.807) is 0 Å². The second-order valence-electron chi connectivity index (χ2n) is 5.60. The summed E-state index contributed by atoms with van der Waals surface area (Å²) < 4.78 is 0. The Kier molecular flexibility index (Phi) is 3.72. The lowest BCUT2D eigenvalue weighted by Crippen LogP contribution is -2.25. The van der Waals surface area contributed by atoms with Gasteiger partial charge >= 0.3 is 0 Å². The van der Waals surface area contributed by atoms with Crippen LogP contribution in [0.4, 0.5) is 0 Å². The Bertz CT molecular complexity index is 660. The van der Waals surface area contributed by atoms with Crippen LogP contribution in [0.5, 0.6) is 0 Å². The monoisotopic (exact) mass is 303 g/mol. The van der Waals surface area contributed by atoms with Crippen molar-refractivity contribution in [2.45, 2.75) is 32.7 Å². The van der Waals surface area contributed by atoms with Crippen LogP contribution in [0.2, 0.25) is 5.02 Å². The highest BCUT2D eigenvalue weighted by atomic mass is 35.5. The average Bonchev–Trinajstić information content (AvgIpc) is 3.19. The number of carbonyl (C=O) groups excluding carboxylic acids is 1. The third-order valence-corrected chi connectivity index (χ3v) is 4.50. The van der Waals surface area contributed by atoms with E-state index in [0.717, 1.165) is 34.0 Å². The maximum absolute atomic E-state index is 12.2. The molecule has 4 nitrogen and oxygen atoms in total. The van der Waals surface area contributed by atoms with Crippen LogP contribution in [0.15, 0.2) is 24.3 Å². The maximum atomic E-state index is 12.2. The molecule has 1 amide bonds. The lowest BCUT2D eigenvalue weighted by atomic mass is 10.1. The molecular formula is C16H18ClN3O. The van der Waals surface area contributed by atoms with E-state index >= 15 is 0 Å². The largest absolute Gasteiger partial charge is 0.352 e. The summed E-state index contributed by atoms with van der Waals surface area (Å²) in [5.41, 5.74) is 4.09. The molecule has 2 atom stereocenters. The van der Waals surface area contributed by atoms with E-state index < -0.39 is 0 Å². The van der Waals surface area contributed by atoms with Crippen molar-refractivity contribution < 1.29 is 4.79 Å². The molecule has 1 fully saturated rings. The first kappa shape index (κ1) is 14.1. The van der Waals surface area contributed by atoms with Gasteiger partial charge in [-0.1, -0.05) is 29.8 Å². The van der Waals surface area contributed by atoms with Gasteiger partial charge in [-0.2, -0.15) is 5.10 Å². The van der Waals surface area contributed by atoms with E-state index in [1.165, 1.54) is 0 Å². The normalized spacial score (nSPS) is 20.3. The van der Waals surface area contributed by atoms with Crippen LogP contribution in [-0.4, -0.2) is 16.1 Å². The number of nitrogens with one attached hydrogen (secondary N) is 2. The molecule has 110 valence electrons. The number of hydrogen-bond donors (Lipinski definition) is 2. The number of aryl methyl sites for hydroxylation is 2. The molecular weight excluding hydrogens is 286 g/mol. The van der Waals surface area contributed by atoms with Crippen LogP contribution in [0, 0.1) is 19.8 Å². The fraction of sp³-hybridized carbons (Fsp3) is 0.375. The Morgan fingerprint density at radius 1 is 1.43 bits per heavy atom. The van der Waals surface area contributed by atoms with Gasteiger partial charge in [0.15, 0.2) is 0 Å². The Morgan fingerprint density at radius 3 is 2.86 bits per heavy atom. The van der Waals surface area contributed by atoms with Crippen molar-refractivity contribution in [2.24, 2.45) is 5.92 Å².